The van der Waals surface area contributed by atoms with Gasteiger partial charge in [0.05, 0.1) is 22.0 Å². The largest absolute Gasteiger partial charge is 0.350 e. The molecule has 0 radical (unpaired) electrons. The molecule has 0 aromatic heterocycles. The Morgan fingerprint density at radius 2 is 1.66 bits per heavy atom. The third kappa shape index (κ3) is 8.70. The Morgan fingerprint density at radius 1 is 1.03 bits per heavy atom. The first-order chi connectivity index (χ1) is 16.2. The number of hydrogen-bond donors (Lipinski definition) is 1. The number of nitrogens with one attached hydrogen (secondary N) is 1. The molecule has 0 aliphatic carbocycles. The summed E-state index contributed by atoms with van der Waals surface area (Å²) in [7, 11) is -3.84. The Bertz CT molecular complexity index is 1140. The molecule has 1 unspecified atom stereocenters. The number of anilines is 1. The number of amides is 2. The minimum Gasteiger partial charge on any atom is -0.350 e. The van der Waals surface area contributed by atoms with Crippen molar-refractivity contribution in [1.82, 2.24) is 10.2 Å². The van der Waals surface area contributed by atoms with E-state index >= 15 is 0 Å². The van der Waals surface area contributed by atoms with Gasteiger partial charge in [0, 0.05) is 12.1 Å². The summed E-state index contributed by atoms with van der Waals surface area (Å²) in [6.45, 7) is 7.18. The van der Waals surface area contributed by atoms with Gasteiger partial charge >= 0.3 is 0 Å². The summed E-state index contributed by atoms with van der Waals surface area (Å²) >= 11 is 12.1. The lowest BCUT2D eigenvalue weighted by Gasteiger charge is -2.34. The maximum Gasteiger partial charge on any atom is 0.244 e. The summed E-state index contributed by atoms with van der Waals surface area (Å²) in [5.41, 5.74) is 0.726. The Morgan fingerprint density at radius 3 is 2.17 bits per heavy atom. The van der Waals surface area contributed by atoms with Gasteiger partial charge < -0.3 is 10.2 Å². The zero-order chi connectivity index (χ0) is 26.4. The number of nitrogens with zero attached hydrogens (tertiary/aromatic N) is 2. The molecule has 0 fully saturated rings. The smallest absolute Gasteiger partial charge is 0.244 e. The van der Waals surface area contributed by atoms with E-state index in [0.29, 0.717) is 12.8 Å². The van der Waals surface area contributed by atoms with Crippen molar-refractivity contribution in [2.45, 2.75) is 52.1 Å². The Hall–Kier alpha value is -2.29. The first-order valence-electron chi connectivity index (χ1n) is 11.3. The fraction of sp³-hybridized carbons (Fsp3) is 0.440. The minimum atomic E-state index is -3.84. The molecular formula is C25H33Cl2N3O4S. The molecule has 0 aliphatic rings. The average Bonchev–Trinajstić information content (AvgIpc) is 2.75. The van der Waals surface area contributed by atoms with Crippen LogP contribution in [0.4, 0.5) is 5.69 Å². The number of sulfonamides is 1. The molecule has 0 bridgehead atoms. The zero-order valence-electron chi connectivity index (χ0n) is 20.7. The molecule has 2 rings (SSSR count). The Kier molecular flexibility index (Phi) is 10.0. The molecule has 192 valence electrons. The quantitative estimate of drug-likeness (QED) is 0.478. The van der Waals surface area contributed by atoms with Crippen LogP contribution < -0.4 is 9.62 Å². The van der Waals surface area contributed by atoms with Crippen LogP contribution >= 0.6 is 23.2 Å². The molecule has 35 heavy (non-hydrogen) atoms. The molecule has 7 nitrogen and oxygen atoms in total. The normalized spacial score (nSPS) is 12.7. The van der Waals surface area contributed by atoms with Gasteiger partial charge in [-0.05, 0) is 57.4 Å². The van der Waals surface area contributed by atoms with Crippen LogP contribution in [0, 0.1) is 0 Å². The molecule has 0 spiro atoms. The van der Waals surface area contributed by atoms with Gasteiger partial charge in [-0.1, -0.05) is 60.5 Å². The number of halogens is 2. The highest BCUT2D eigenvalue weighted by Gasteiger charge is 2.32. The van der Waals surface area contributed by atoms with Gasteiger partial charge in [-0.25, -0.2) is 8.42 Å². The molecule has 2 aromatic rings. The molecule has 0 aliphatic heterocycles. The van der Waals surface area contributed by atoms with Crippen LogP contribution in [0.25, 0.3) is 0 Å². The summed E-state index contributed by atoms with van der Waals surface area (Å²) < 4.78 is 26.2. The molecule has 0 heterocycles. The van der Waals surface area contributed by atoms with Crippen LogP contribution in [-0.4, -0.2) is 56.1 Å². The van der Waals surface area contributed by atoms with Crippen molar-refractivity contribution < 1.29 is 18.0 Å². The lowest BCUT2D eigenvalue weighted by atomic mass is 10.1. The van der Waals surface area contributed by atoms with Crippen molar-refractivity contribution in [3.05, 3.63) is 64.1 Å². The van der Waals surface area contributed by atoms with Gasteiger partial charge in [-0.2, -0.15) is 0 Å². The van der Waals surface area contributed by atoms with E-state index in [2.05, 4.69) is 5.32 Å². The predicted molar refractivity (Wildman–Crippen MR) is 142 cm³/mol. The fourth-order valence-corrected chi connectivity index (χ4v) is 4.74. The third-order valence-electron chi connectivity index (χ3n) is 5.24. The molecule has 1 N–H and O–H groups in total. The second-order valence-electron chi connectivity index (χ2n) is 9.35. The van der Waals surface area contributed by atoms with E-state index in [0.717, 1.165) is 16.1 Å². The lowest BCUT2D eigenvalue weighted by Crippen LogP contribution is -2.56. The highest BCUT2D eigenvalue weighted by atomic mass is 35.5. The topological polar surface area (TPSA) is 86.8 Å². The van der Waals surface area contributed by atoms with E-state index in [1.54, 1.807) is 0 Å². The zero-order valence-corrected chi connectivity index (χ0v) is 23.0. The van der Waals surface area contributed by atoms with Gasteiger partial charge in [-0.3, -0.25) is 13.9 Å². The van der Waals surface area contributed by atoms with Crippen molar-refractivity contribution in [3.8, 4) is 0 Å². The minimum absolute atomic E-state index is 0.169. The summed E-state index contributed by atoms with van der Waals surface area (Å²) in [6.07, 6.45) is 1.90. The number of benzene rings is 2. The SMILES string of the molecule is CCC(C(=O)NC(C)(C)C)N(CCc1ccccc1)C(=O)CN(c1ccc(Cl)c(Cl)c1)S(C)(=O)=O. The first kappa shape index (κ1) is 28.9. The van der Waals surface area contributed by atoms with Crippen molar-refractivity contribution in [3.63, 3.8) is 0 Å². The second kappa shape index (κ2) is 12.1. The van der Waals surface area contributed by atoms with Crippen molar-refractivity contribution in [1.29, 1.82) is 0 Å². The van der Waals surface area contributed by atoms with Crippen LogP contribution in [0.1, 0.15) is 39.7 Å². The Balaban J connectivity index is 2.40. The number of rotatable bonds is 10. The van der Waals surface area contributed by atoms with Crippen LogP contribution in [0.3, 0.4) is 0 Å². The summed E-state index contributed by atoms with van der Waals surface area (Å²) in [5, 5.41) is 3.37. The maximum atomic E-state index is 13.6. The molecule has 0 saturated carbocycles. The highest BCUT2D eigenvalue weighted by Crippen LogP contribution is 2.28. The fourth-order valence-electron chi connectivity index (χ4n) is 3.60. The predicted octanol–water partition coefficient (Wildman–Crippen LogP) is 4.52. The van der Waals surface area contributed by atoms with Crippen molar-refractivity contribution in [2.75, 3.05) is 23.7 Å². The molecule has 2 amide bonds. The third-order valence-corrected chi connectivity index (χ3v) is 7.12. The number of carbonyl (C=O) groups excluding carboxylic acids is 2. The van der Waals surface area contributed by atoms with Crippen LogP contribution in [0.5, 0.6) is 0 Å². The van der Waals surface area contributed by atoms with E-state index in [1.165, 1.54) is 23.1 Å². The first-order valence-corrected chi connectivity index (χ1v) is 13.9. The van der Waals surface area contributed by atoms with E-state index < -0.39 is 34.1 Å². The number of hydrogen-bond acceptors (Lipinski definition) is 4. The van der Waals surface area contributed by atoms with E-state index in [1.807, 2.05) is 58.0 Å². The van der Waals surface area contributed by atoms with Gasteiger partial charge in [0.25, 0.3) is 0 Å². The molecule has 0 saturated heterocycles. The molecule has 1 atom stereocenters. The van der Waals surface area contributed by atoms with E-state index in [4.69, 9.17) is 23.2 Å². The molecule has 2 aromatic carbocycles. The van der Waals surface area contributed by atoms with Gasteiger partial charge in [0.2, 0.25) is 21.8 Å². The monoisotopic (exact) mass is 541 g/mol. The summed E-state index contributed by atoms with van der Waals surface area (Å²) in [5.74, 6) is -0.782. The number of carbonyl (C=O) groups is 2. The van der Waals surface area contributed by atoms with Crippen LogP contribution in [0.15, 0.2) is 48.5 Å². The average molecular weight is 543 g/mol. The summed E-state index contributed by atoms with van der Waals surface area (Å²) in [6, 6.07) is 13.2. The highest BCUT2D eigenvalue weighted by molar-refractivity contribution is 7.92. The molecular weight excluding hydrogens is 509 g/mol. The van der Waals surface area contributed by atoms with E-state index in [9.17, 15) is 18.0 Å². The van der Waals surface area contributed by atoms with Gasteiger partial charge in [0.1, 0.15) is 12.6 Å². The van der Waals surface area contributed by atoms with Crippen molar-refractivity contribution >= 4 is 50.7 Å². The second-order valence-corrected chi connectivity index (χ2v) is 12.1. The Labute approximate surface area is 218 Å². The van der Waals surface area contributed by atoms with E-state index in [-0.39, 0.29) is 28.2 Å². The molecule has 10 heteroatoms. The standard InChI is InChI=1S/C25H33Cl2N3O4S/c1-6-22(24(32)28-25(2,3)4)29(15-14-18-10-8-7-9-11-18)23(31)17-30(35(5,33)34)19-12-13-20(26)21(27)16-19/h7-13,16,22H,6,14-15,17H2,1-5H3,(H,28,32). The van der Waals surface area contributed by atoms with Gasteiger partial charge in [-0.15, -0.1) is 0 Å². The van der Waals surface area contributed by atoms with Crippen LogP contribution in [-0.2, 0) is 26.0 Å². The van der Waals surface area contributed by atoms with Crippen molar-refractivity contribution in [2.24, 2.45) is 0 Å². The lowest BCUT2D eigenvalue weighted by molar-refractivity contribution is -0.140. The van der Waals surface area contributed by atoms with Crippen LogP contribution in [0.2, 0.25) is 10.0 Å². The van der Waals surface area contributed by atoms with Gasteiger partial charge in [0.15, 0.2) is 0 Å². The maximum absolute atomic E-state index is 13.6. The summed E-state index contributed by atoms with van der Waals surface area (Å²) in [4.78, 5) is 28.2.